The molecule has 0 bridgehead atoms. The lowest BCUT2D eigenvalue weighted by atomic mass is 9.93. The number of carboxylic acid groups (broad SMARTS) is 1. The first kappa shape index (κ1) is 16.3. The van der Waals surface area contributed by atoms with Crippen LogP contribution in [0.25, 0.3) is 32.7 Å². The third-order valence-electron chi connectivity index (χ3n) is 4.26. The number of aromatic carboxylic acids is 1. The van der Waals surface area contributed by atoms with Crippen LogP contribution in [0.4, 0.5) is 0 Å². The summed E-state index contributed by atoms with van der Waals surface area (Å²) in [5.41, 5.74) is 4.73. The normalized spacial score (nSPS) is 10.6. The number of hydrogen-bond acceptors (Lipinski definition) is 2. The van der Waals surface area contributed by atoms with Crippen molar-refractivity contribution in [2.24, 2.45) is 0 Å². The second-order valence-electron chi connectivity index (χ2n) is 5.91. The van der Waals surface area contributed by atoms with Gasteiger partial charge in [0.25, 0.3) is 0 Å². The molecule has 4 aromatic rings. The predicted molar refractivity (Wildman–Crippen MR) is 108 cm³/mol. The Kier molecular flexibility index (Phi) is 4.38. The van der Waals surface area contributed by atoms with E-state index < -0.39 is 5.97 Å². The lowest BCUT2D eigenvalue weighted by Gasteiger charge is -2.09. The average Bonchev–Trinajstić information content (AvgIpc) is 3.11. The highest BCUT2D eigenvalue weighted by molar-refractivity contribution is 7.18. The average molecular weight is 356 g/mol. The first-order valence-corrected chi connectivity index (χ1v) is 9.13. The fourth-order valence-corrected chi connectivity index (χ4v) is 4.32. The first-order chi connectivity index (χ1) is 12.8. The van der Waals surface area contributed by atoms with E-state index in [1.807, 2.05) is 91.0 Å². The summed E-state index contributed by atoms with van der Waals surface area (Å²) in [6, 6.07) is 29.7. The van der Waals surface area contributed by atoms with Gasteiger partial charge in [0, 0.05) is 16.0 Å². The van der Waals surface area contributed by atoms with E-state index in [0.29, 0.717) is 4.88 Å². The zero-order valence-electron chi connectivity index (χ0n) is 13.9. The van der Waals surface area contributed by atoms with Crippen molar-refractivity contribution in [3.63, 3.8) is 0 Å². The van der Waals surface area contributed by atoms with Gasteiger partial charge in [-0.25, -0.2) is 4.79 Å². The summed E-state index contributed by atoms with van der Waals surface area (Å²) < 4.78 is 0. The third-order valence-corrected chi connectivity index (χ3v) is 5.49. The highest BCUT2D eigenvalue weighted by atomic mass is 32.1. The van der Waals surface area contributed by atoms with E-state index >= 15 is 0 Å². The molecule has 0 atom stereocenters. The molecule has 0 saturated carbocycles. The fraction of sp³-hybridized carbons (Fsp3) is 0. The lowest BCUT2D eigenvalue weighted by Crippen LogP contribution is -1.95. The molecule has 1 N–H and O–H groups in total. The van der Waals surface area contributed by atoms with Gasteiger partial charge in [0.15, 0.2) is 0 Å². The zero-order chi connectivity index (χ0) is 17.9. The number of thiophene rings is 1. The second-order valence-corrected chi connectivity index (χ2v) is 6.93. The van der Waals surface area contributed by atoms with Crippen molar-refractivity contribution < 1.29 is 9.90 Å². The van der Waals surface area contributed by atoms with Crippen molar-refractivity contribution >= 4 is 17.3 Å². The molecular weight excluding hydrogens is 340 g/mol. The van der Waals surface area contributed by atoms with Crippen molar-refractivity contribution in [3.05, 3.63) is 95.9 Å². The van der Waals surface area contributed by atoms with Gasteiger partial charge in [-0.3, -0.25) is 0 Å². The molecule has 0 spiro atoms. The SMILES string of the molecule is O=C(O)c1sc(-c2ccccc2)c(-c2ccccc2)c1-c1ccccc1. The Morgan fingerprint density at radius 1 is 0.615 bits per heavy atom. The maximum atomic E-state index is 12.0. The standard InChI is InChI=1S/C23H16O2S/c24-23(25)22-20(17-12-6-2-7-13-17)19(16-10-4-1-5-11-16)21(26-22)18-14-8-3-9-15-18/h1-15H,(H,24,25). The van der Waals surface area contributed by atoms with Crippen molar-refractivity contribution in [1.29, 1.82) is 0 Å². The van der Waals surface area contributed by atoms with Gasteiger partial charge in [-0.05, 0) is 16.7 Å². The van der Waals surface area contributed by atoms with Gasteiger partial charge >= 0.3 is 5.97 Å². The minimum Gasteiger partial charge on any atom is -0.477 e. The molecule has 26 heavy (non-hydrogen) atoms. The summed E-state index contributed by atoms with van der Waals surface area (Å²) in [5.74, 6) is -0.895. The third kappa shape index (κ3) is 2.93. The Bertz CT molecular complexity index is 1040. The topological polar surface area (TPSA) is 37.3 Å². The predicted octanol–water partition coefficient (Wildman–Crippen LogP) is 6.45. The summed E-state index contributed by atoms with van der Waals surface area (Å²) in [5, 5.41) is 9.87. The quantitative estimate of drug-likeness (QED) is 0.456. The minimum absolute atomic E-state index is 0.369. The highest BCUT2D eigenvalue weighted by Gasteiger charge is 2.25. The molecule has 1 aromatic heterocycles. The van der Waals surface area contributed by atoms with E-state index in [1.165, 1.54) is 11.3 Å². The maximum absolute atomic E-state index is 12.0. The van der Waals surface area contributed by atoms with E-state index in [1.54, 1.807) is 0 Å². The van der Waals surface area contributed by atoms with Crippen LogP contribution in [0, 0.1) is 0 Å². The van der Waals surface area contributed by atoms with E-state index in [0.717, 1.165) is 32.7 Å². The molecule has 1 heterocycles. The summed E-state index contributed by atoms with van der Waals surface area (Å²) in [7, 11) is 0. The van der Waals surface area contributed by atoms with E-state index in [2.05, 4.69) is 0 Å². The zero-order valence-corrected chi connectivity index (χ0v) is 14.7. The highest BCUT2D eigenvalue weighted by Crippen LogP contribution is 2.47. The molecule has 0 saturated heterocycles. The number of carboxylic acids is 1. The van der Waals surface area contributed by atoms with Crippen LogP contribution in [0.5, 0.6) is 0 Å². The number of carbonyl (C=O) groups is 1. The van der Waals surface area contributed by atoms with Gasteiger partial charge in [-0.15, -0.1) is 11.3 Å². The Morgan fingerprint density at radius 2 is 1.04 bits per heavy atom. The Morgan fingerprint density at radius 3 is 1.50 bits per heavy atom. The van der Waals surface area contributed by atoms with E-state index in [4.69, 9.17) is 0 Å². The molecule has 0 aliphatic heterocycles. The fourth-order valence-electron chi connectivity index (χ4n) is 3.14. The molecule has 0 aliphatic carbocycles. The van der Waals surface area contributed by atoms with Crippen LogP contribution in [0.15, 0.2) is 91.0 Å². The molecule has 0 fully saturated rings. The lowest BCUT2D eigenvalue weighted by molar-refractivity contribution is 0.0703. The van der Waals surface area contributed by atoms with Crippen LogP contribution >= 0.6 is 11.3 Å². The van der Waals surface area contributed by atoms with Gasteiger partial charge in [-0.2, -0.15) is 0 Å². The molecular formula is C23H16O2S. The molecule has 0 radical (unpaired) electrons. The largest absolute Gasteiger partial charge is 0.477 e. The van der Waals surface area contributed by atoms with Crippen molar-refractivity contribution in [3.8, 4) is 32.7 Å². The van der Waals surface area contributed by atoms with Gasteiger partial charge in [0.2, 0.25) is 0 Å². The Labute approximate surface area is 156 Å². The molecule has 4 rings (SSSR count). The van der Waals surface area contributed by atoms with Crippen molar-refractivity contribution in [2.75, 3.05) is 0 Å². The maximum Gasteiger partial charge on any atom is 0.346 e. The minimum atomic E-state index is -0.895. The van der Waals surface area contributed by atoms with Gasteiger partial charge in [-0.1, -0.05) is 91.0 Å². The first-order valence-electron chi connectivity index (χ1n) is 8.32. The molecule has 3 heteroatoms. The van der Waals surface area contributed by atoms with E-state index in [-0.39, 0.29) is 0 Å². The van der Waals surface area contributed by atoms with Gasteiger partial charge in [0.05, 0.1) is 0 Å². The number of rotatable bonds is 4. The molecule has 3 aromatic carbocycles. The smallest absolute Gasteiger partial charge is 0.346 e. The summed E-state index contributed by atoms with van der Waals surface area (Å²) in [4.78, 5) is 13.4. The second kappa shape index (κ2) is 6.98. The van der Waals surface area contributed by atoms with E-state index in [9.17, 15) is 9.90 Å². The molecule has 2 nitrogen and oxygen atoms in total. The monoisotopic (exact) mass is 356 g/mol. The van der Waals surface area contributed by atoms with Crippen LogP contribution in [-0.4, -0.2) is 11.1 Å². The van der Waals surface area contributed by atoms with Gasteiger partial charge in [0.1, 0.15) is 4.88 Å². The Balaban J connectivity index is 2.09. The van der Waals surface area contributed by atoms with Crippen LogP contribution < -0.4 is 0 Å². The van der Waals surface area contributed by atoms with Crippen LogP contribution in [0.1, 0.15) is 9.67 Å². The van der Waals surface area contributed by atoms with Gasteiger partial charge < -0.3 is 5.11 Å². The van der Waals surface area contributed by atoms with Crippen molar-refractivity contribution in [1.82, 2.24) is 0 Å². The number of hydrogen-bond donors (Lipinski definition) is 1. The summed E-state index contributed by atoms with van der Waals surface area (Å²) >= 11 is 1.34. The summed E-state index contributed by atoms with van der Waals surface area (Å²) in [6.07, 6.45) is 0. The molecule has 126 valence electrons. The van der Waals surface area contributed by atoms with Crippen LogP contribution in [0.3, 0.4) is 0 Å². The molecule has 0 aliphatic rings. The van der Waals surface area contributed by atoms with Crippen LogP contribution in [0.2, 0.25) is 0 Å². The Hall–Kier alpha value is -3.17. The van der Waals surface area contributed by atoms with Crippen LogP contribution in [-0.2, 0) is 0 Å². The van der Waals surface area contributed by atoms with Crippen molar-refractivity contribution in [2.45, 2.75) is 0 Å². The number of benzene rings is 3. The molecule has 0 amide bonds. The molecule has 0 unspecified atom stereocenters. The summed E-state index contributed by atoms with van der Waals surface area (Å²) in [6.45, 7) is 0.